The molecule has 3 aromatic carbocycles. The van der Waals surface area contributed by atoms with E-state index in [-0.39, 0.29) is 18.4 Å². The van der Waals surface area contributed by atoms with Crippen LogP contribution >= 0.6 is 0 Å². The van der Waals surface area contributed by atoms with Gasteiger partial charge in [0.05, 0.1) is 5.69 Å². The molecule has 0 aliphatic carbocycles. The van der Waals surface area contributed by atoms with E-state index in [9.17, 15) is 9.59 Å². The van der Waals surface area contributed by atoms with Crippen LogP contribution in [0.1, 0.15) is 13.3 Å². The number of hydrogen-bond donors (Lipinski definition) is 2. The molecule has 6 nitrogen and oxygen atoms in total. The van der Waals surface area contributed by atoms with E-state index in [4.69, 9.17) is 9.47 Å². The van der Waals surface area contributed by atoms with Crippen molar-refractivity contribution in [1.29, 1.82) is 0 Å². The lowest BCUT2D eigenvalue weighted by molar-refractivity contribution is -0.118. The summed E-state index contributed by atoms with van der Waals surface area (Å²) in [4.78, 5) is 23.8. The normalized spacial score (nSPS) is 10.1. The third kappa shape index (κ3) is 6.10. The molecule has 0 radical (unpaired) electrons. The molecule has 0 spiro atoms. The summed E-state index contributed by atoms with van der Waals surface area (Å²) in [6, 6.07) is 23.4. The third-order valence-electron chi connectivity index (χ3n) is 3.94. The molecule has 148 valence electrons. The van der Waals surface area contributed by atoms with Crippen molar-refractivity contribution in [1.82, 2.24) is 0 Å². The molecule has 3 rings (SSSR count). The topological polar surface area (TPSA) is 76.7 Å². The van der Waals surface area contributed by atoms with Crippen LogP contribution in [0.25, 0.3) is 0 Å². The Morgan fingerprint density at radius 1 is 0.793 bits per heavy atom. The number of ether oxygens (including phenoxy) is 2. The second kappa shape index (κ2) is 9.94. The fraction of sp³-hybridized carbons (Fsp3) is 0.130. The van der Waals surface area contributed by atoms with Crippen molar-refractivity contribution in [3.8, 4) is 17.2 Å². The van der Waals surface area contributed by atoms with E-state index in [1.807, 2.05) is 42.5 Å². The van der Waals surface area contributed by atoms with Gasteiger partial charge in [-0.1, -0.05) is 43.3 Å². The van der Waals surface area contributed by atoms with Crippen LogP contribution in [-0.4, -0.2) is 18.4 Å². The SMILES string of the molecule is CCC(=O)Nc1cccc(OCC(=O)Nc2ccccc2Oc2ccccc2)c1. The Morgan fingerprint density at radius 2 is 1.52 bits per heavy atom. The van der Waals surface area contributed by atoms with E-state index in [0.29, 0.717) is 35.0 Å². The van der Waals surface area contributed by atoms with Gasteiger partial charge in [0.25, 0.3) is 5.91 Å². The summed E-state index contributed by atoms with van der Waals surface area (Å²) < 4.78 is 11.4. The van der Waals surface area contributed by atoms with E-state index in [0.717, 1.165) is 0 Å². The lowest BCUT2D eigenvalue weighted by Crippen LogP contribution is -2.20. The minimum atomic E-state index is -0.322. The van der Waals surface area contributed by atoms with E-state index in [1.165, 1.54) is 0 Å². The molecule has 3 aromatic rings. The molecule has 0 unspecified atom stereocenters. The van der Waals surface area contributed by atoms with Crippen LogP contribution in [0.3, 0.4) is 0 Å². The molecule has 2 amide bonds. The molecule has 0 heterocycles. The zero-order chi connectivity index (χ0) is 20.5. The van der Waals surface area contributed by atoms with Gasteiger partial charge < -0.3 is 20.1 Å². The predicted molar refractivity (Wildman–Crippen MR) is 112 cm³/mol. The first-order chi connectivity index (χ1) is 14.1. The number of anilines is 2. The molecule has 2 N–H and O–H groups in total. The largest absolute Gasteiger partial charge is 0.484 e. The highest BCUT2D eigenvalue weighted by molar-refractivity contribution is 5.93. The van der Waals surface area contributed by atoms with Gasteiger partial charge >= 0.3 is 0 Å². The van der Waals surface area contributed by atoms with Crippen molar-refractivity contribution in [2.75, 3.05) is 17.2 Å². The molecule has 0 atom stereocenters. The fourth-order valence-electron chi connectivity index (χ4n) is 2.52. The first kappa shape index (κ1) is 19.9. The van der Waals surface area contributed by atoms with Crippen LogP contribution in [-0.2, 0) is 9.59 Å². The highest BCUT2D eigenvalue weighted by Gasteiger charge is 2.10. The molecule has 0 saturated carbocycles. The molecular formula is C23H22N2O4. The van der Waals surface area contributed by atoms with Gasteiger partial charge in [-0.25, -0.2) is 0 Å². The van der Waals surface area contributed by atoms with Gasteiger partial charge in [0.1, 0.15) is 11.5 Å². The Bertz CT molecular complexity index is 973. The Balaban J connectivity index is 1.59. The van der Waals surface area contributed by atoms with Gasteiger partial charge in [-0.05, 0) is 36.4 Å². The molecular weight excluding hydrogens is 368 g/mol. The lowest BCUT2D eigenvalue weighted by atomic mass is 10.2. The number of hydrogen-bond acceptors (Lipinski definition) is 4. The minimum absolute atomic E-state index is 0.0880. The quantitative estimate of drug-likeness (QED) is 0.577. The van der Waals surface area contributed by atoms with Crippen molar-refractivity contribution >= 4 is 23.2 Å². The Hall–Kier alpha value is -3.80. The Labute approximate surface area is 169 Å². The number of nitrogens with one attached hydrogen (secondary N) is 2. The van der Waals surface area contributed by atoms with Crippen molar-refractivity contribution in [3.05, 3.63) is 78.9 Å². The number of para-hydroxylation sites is 3. The average molecular weight is 390 g/mol. The van der Waals surface area contributed by atoms with Crippen LogP contribution < -0.4 is 20.1 Å². The molecule has 29 heavy (non-hydrogen) atoms. The second-order valence-corrected chi connectivity index (χ2v) is 6.18. The minimum Gasteiger partial charge on any atom is -0.484 e. The molecule has 0 fully saturated rings. The maximum Gasteiger partial charge on any atom is 0.262 e. The first-order valence-corrected chi connectivity index (χ1v) is 9.28. The molecule has 0 aromatic heterocycles. The summed E-state index contributed by atoms with van der Waals surface area (Å²) in [5, 5.41) is 5.55. The molecule has 0 aliphatic rings. The number of carbonyl (C=O) groups excluding carboxylic acids is 2. The molecule has 0 aliphatic heterocycles. The summed E-state index contributed by atoms with van der Waals surface area (Å²) in [6.07, 6.45) is 0.387. The van der Waals surface area contributed by atoms with Crippen LogP contribution in [0, 0.1) is 0 Å². The fourth-order valence-corrected chi connectivity index (χ4v) is 2.52. The third-order valence-corrected chi connectivity index (χ3v) is 3.94. The average Bonchev–Trinajstić information content (AvgIpc) is 2.74. The smallest absolute Gasteiger partial charge is 0.262 e. The number of carbonyl (C=O) groups is 2. The van der Waals surface area contributed by atoms with Crippen molar-refractivity contribution in [3.63, 3.8) is 0 Å². The lowest BCUT2D eigenvalue weighted by Gasteiger charge is -2.13. The van der Waals surface area contributed by atoms with Gasteiger partial charge in [-0.15, -0.1) is 0 Å². The molecule has 0 bridgehead atoms. The van der Waals surface area contributed by atoms with Crippen molar-refractivity contribution in [2.45, 2.75) is 13.3 Å². The van der Waals surface area contributed by atoms with Gasteiger partial charge in [0.2, 0.25) is 5.91 Å². The van der Waals surface area contributed by atoms with Gasteiger partial charge in [0.15, 0.2) is 12.4 Å². The highest BCUT2D eigenvalue weighted by Crippen LogP contribution is 2.29. The van der Waals surface area contributed by atoms with E-state index in [1.54, 1.807) is 43.3 Å². The van der Waals surface area contributed by atoms with Crippen LogP contribution in [0.15, 0.2) is 78.9 Å². The maximum atomic E-state index is 12.3. The monoisotopic (exact) mass is 390 g/mol. The zero-order valence-corrected chi connectivity index (χ0v) is 16.1. The van der Waals surface area contributed by atoms with Crippen molar-refractivity contribution < 1.29 is 19.1 Å². The summed E-state index contributed by atoms with van der Waals surface area (Å²) in [6.45, 7) is 1.60. The standard InChI is InChI=1S/C23H22N2O4/c1-2-22(26)24-17-9-8-12-19(15-17)28-16-23(27)25-20-13-6-7-14-21(20)29-18-10-4-3-5-11-18/h3-15H,2,16H2,1H3,(H,24,26)(H,25,27). The van der Waals surface area contributed by atoms with Gasteiger partial charge in [-0.3, -0.25) is 9.59 Å². The molecule has 6 heteroatoms. The zero-order valence-electron chi connectivity index (χ0n) is 16.1. The Kier molecular flexibility index (Phi) is 6.84. The number of amides is 2. The Morgan fingerprint density at radius 3 is 2.31 bits per heavy atom. The first-order valence-electron chi connectivity index (χ1n) is 9.28. The molecule has 0 saturated heterocycles. The maximum absolute atomic E-state index is 12.3. The van der Waals surface area contributed by atoms with E-state index in [2.05, 4.69) is 10.6 Å². The second-order valence-electron chi connectivity index (χ2n) is 6.18. The number of rotatable bonds is 8. The van der Waals surface area contributed by atoms with Crippen LogP contribution in [0.2, 0.25) is 0 Å². The van der Waals surface area contributed by atoms with E-state index >= 15 is 0 Å². The summed E-state index contributed by atoms with van der Waals surface area (Å²) in [5.74, 6) is 1.29. The van der Waals surface area contributed by atoms with Gasteiger partial charge in [0, 0.05) is 18.2 Å². The highest BCUT2D eigenvalue weighted by atomic mass is 16.5. The van der Waals surface area contributed by atoms with Crippen molar-refractivity contribution in [2.24, 2.45) is 0 Å². The van der Waals surface area contributed by atoms with Gasteiger partial charge in [-0.2, -0.15) is 0 Å². The van der Waals surface area contributed by atoms with E-state index < -0.39 is 0 Å². The van der Waals surface area contributed by atoms with Crippen LogP contribution in [0.5, 0.6) is 17.2 Å². The summed E-state index contributed by atoms with van der Waals surface area (Å²) in [7, 11) is 0. The number of benzene rings is 3. The summed E-state index contributed by atoms with van der Waals surface area (Å²) >= 11 is 0. The van der Waals surface area contributed by atoms with Crippen LogP contribution in [0.4, 0.5) is 11.4 Å². The summed E-state index contributed by atoms with van der Waals surface area (Å²) in [5.41, 5.74) is 1.17. The predicted octanol–water partition coefficient (Wildman–Crippen LogP) is 4.84.